The molecule has 0 rings (SSSR count). The zero-order chi connectivity index (χ0) is 15.5. The summed E-state index contributed by atoms with van der Waals surface area (Å²) in [5, 5.41) is 23.7. The van der Waals surface area contributed by atoms with Crippen molar-refractivity contribution in [1.29, 1.82) is 0 Å². The molecule has 0 radical (unpaired) electrons. The maximum absolute atomic E-state index is 9.60. The summed E-state index contributed by atoms with van der Waals surface area (Å²) >= 11 is 0. The van der Waals surface area contributed by atoms with Crippen molar-refractivity contribution >= 4 is 17.9 Å². The summed E-state index contributed by atoms with van der Waals surface area (Å²) < 4.78 is 0. The van der Waals surface area contributed by atoms with Crippen LogP contribution in [0.25, 0.3) is 0 Å². The molecule has 0 saturated heterocycles. The Balaban J connectivity index is -0.0000000865. The molecule has 0 saturated carbocycles. The summed E-state index contributed by atoms with van der Waals surface area (Å²) in [4.78, 5) is 28.8. The van der Waals surface area contributed by atoms with Crippen LogP contribution >= 0.6 is 0 Å². The van der Waals surface area contributed by atoms with Crippen LogP contribution in [0.4, 0.5) is 0 Å². The second kappa shape index (κ2) is 15.1. The smallest absolute Gasteiger partial charge is 0.330 e. The molecule has 0 aliphatic rings. The fraction of sp³-hybridized carbons (Fsp3) is 0.250. The Bertz CT molecular complexity index is 277. The van der Waals surface area contributed by atoms with Gasteiger partial charge in [-0.2, -0.15) is 0 Å². The van der Waals surface area contributed by atoms with Crippen molar-refractivity contribution in [2.45, 2.75) is 20.8 Å². The molecule has 19 heavy (non-hydrogen) atoms. The van der Waals surface area contributed by atoms with Crippen molar-refractivity contribution in [3.05, 3.63) is 36.5 Å². The van der Waals surface area contributed by atoms with E-state index < -0.39 is 17.9 Å². The Hall–Kier alpha value is -0.993. The van der Waals surface area contributed by atoms with Gasteiger partial charge in [0.05, 0.1) is 0 Å². The predicted molar refractivity (Wildman–Crippen MR) is 67.3 cm³/mol. The molecule has 0 unspecified atom stereocenters. The zero-order valence-corrected chi connectivity index (χ0v) is 14.3. The molecule has 0 fully saturated rings. The number of hydrogen-bond acceptors (Lipinski definition) is 3. The van der Waals surface area contributed by atoms with Crippen molar-refractivity contribution in [2.24, 2.45) is 0 Å². The molecular weight excluding hydrogens is 380 g/mol. The van der Waals surface area contributed by atoms with Crippen LogP contribution in [-0.4, -0.2) is 33.2 Å². The van der Waals surface area contributed by atoms with E-state index in [-0.39, 0.29) is 58.5 Å². The molecule has 7 heteroatoms. The number of rotatable bonds is 3. The monoisotopic (exact) mass is 398 g/mol. The standard InChI is InChI=1S/3C4H6O2.Ce/c3*1-3(2)4(5)6;/h3*1H2,2H3,(H,5,6);. The summed E-state index contributed by atoms with van der Waals surface area (Å²) in [6, 6.07) is 0. The predicted octanol–water partition coefficient (Wildman–Crippen LogP) is 1.94. The molecule has 0 atom stereocenters. The Morgan fingerprint density at radius 3 is 0.684 bits per heavy atom. The first kappa shape index (κ1) is 26.5. The van der Waals surface area contributed by atoms with E-state index in [9.17, 15) is 14.4 Å². The van der Waals surface area contributed by atoms with Gasteiger partial charge >= 0.3 is 17.9 Å². The third kappa shape index (κ3) is 31.6. The molecule has 0 spiro atoms. The van der Waals surface area contributed by atoms with Crippen LogP contribution in [0, 0.1) is 41.7 Å². The molecule has 0 aliphatic carbocycles. The van der Waals surface area contributed by atoms with Crippen molar-refractivity contribution in [3.8, 4) is 0 Å². The van der Waals surface area contributed by atoms with Gasteiger partial charge in [0.25, 0.3) is 0 Å². The molecule has 3 N–H and O–H groups in total. The quantitative estimate of drug-likeness (QED) is 0.627. The van der Waals surface area contributed by atoms with Crippen LogP contribution in [0.5, 0.6) is 0 Å². The van der Waals surface area contributed by atoms with Crippen LogP contribution in [0.3, 0.4) is 0 Å². The Kier molecular flexibility index (Phi) is 21.0. The normalized spacial score (nSPS) is 7.11. The summed E-state index contributed by atoms with van der Waals surface area (Å²) in [5.41, 5.74) is 0.528. The van der Waals surface area contributed by atoms with Crippen LogP contribution in [0.15, 0.2) is 36.5 Å². The average molecular weight is 398 g/mol. The second-order valence-corrected chi connectivity index (χ2v) is 3.26. The molecule has 0 aromatic carbocycles. The van der Waals surface area contributed by atoms with Gasteiger partial charge in [0.2, 0.25) is 0 Å². The van der Waals surface area contributed by atoms with E-state index >= 15 is 0 Å². The molecule has 106 valence electrons. The maximum Gasteiger partial charge on any atom is 0.330 e. The van der Waals surface area contributed by atoms with Gasteiger partial charge in [-0.15, -0.1) is 0 Å². The van der Waals surface area contributed by atoms with Crippen LogP contribution in [0.2, 0.25) is 0 Å². The van der Waals surface area contributed by atoms with Crippen LogP contribution in [0.1, 0.15) is 20.8 Å². The number of carbonyl (C=O) groups is 3. The van der Waals surface area contributed by atoms with E-state index in [0.717, 1.165) is 0 Å². The van der Waals surface area contributed by atoms with Crippen LogP contribution < -0.4 is 0 Å². The average Bonchev–Trinajstić information content (AvgIpc) is 2.18. The minimum atomic E-state index is -0.935. The number of hydrogen-bond donors (Lipinski definition) is 3. The first-order valence-electron chi connectivity index (χ1n) is 4.59. The fourth-order valence-electron chi connectivity index (χ4n) is 0. The number of carboxylic acids is 3. The first-order valence-corrected chi connectivity index (χ1v) is 4.59. The van der Waals surface area contributed by atoms with Crippen molar-refractivity contribution in [1.82, 2.24) is 0 Å². The summed E-state index contributed by atoms with van der Waals surface area (Å²) in [5.74, 6) is -2.81. The second-order valence-electron chi connectivity index (χ2n) is 3.26. The minimum Gasteiger partial charge on any atom is -0.478 e. The molecular formula is C12H18CeO6. The third-order valence-electron chi connectivity index (χ3n) is 1.10. The minimum absolute atomic E-state index is 0. The van der Waals surface area contributed by atoms with Gasteiger partial charge in [-0.1, -0.05) is 19.7 Å². The van der Waals surface area contributed by atoms with E-state index in [4.69, 9.17) is 15.3 Å². The summed E-state index contributed by atoms with van der Waals surface area (Å²) in [6.45, 7) is 13.8. The zero-order valence-electron chi connectivity index (χ0n) is 11.2. The van der Waals surface area contributed by atoms with Gasteiger partial charge in [0, 0.05) is 58.5 Å². The topological polar surface area (TPSA) is 112 Å². The summed E-state index contributed by atoms with van der Waals surface area (Å²) in [6.07, 6.45) is 0. The molecule has 0 aromatic rings. The van der Waals surface area contributed by atoms with Gasteiger partial charge in [-0.3, -0.25) is 0 Å². The Morgan fingerprint density at radius 2 is 0.684 bits per heavy atom. The van der Waals surface area contributed by atoms with Gasteiger partial charge in [-0.05, 0) is 20.8 Å². The van der Waals surface area contributed by atoms with Gasteiger partial charge in [0.15, 0.2) is 0 Å². The van der Waals surface area contributed by atoms with Gasteiger partial charge in [0.1, 0.15) is 0 Å². The molecule has 0 aromatic heterocycles. The van der Waals surface area contributed by atoms with E-state index in [0.29, 0.717) is 0 Å². The Morgan fingerprint density at radius 1 is 0.632 bits per heavy atom. The molecule has 0 heterocycles. The molecule has 0 bridgehead atoms. The van der Waals surface area contributed by atoms with Crippen molar-refractivity contribution < 1.29 is 71.5 Å². The maximum atomic E-state index is 9.60. The number of aliphatic carboxylic acids is 3. The van der Waals surface area contributed by atoms with Crippen molar-refractivity contribution in [2.75, 3.05) is 0 Å². The molecule has 6 nitrogen and oxygen atoms in total. The molecule has 0 aliphatic heterocycles. The van der Waals surface area contributed by atoms with Crippen molar-refractivity contribution in [3.63, 3.8) is 0 Å². The van der Waals surface area contributed by atoms with Crippen LogP contribution in [-0.2, 0) is 14.4 Å². The van der Waals surface area contributed by atoms with E-state index in [1.165, 1.54) is 20.8 Å². The van der Waals surface area contributed by atoms with E-state index in [2.05, 4.69) is 19.7 Å². The molecule has 0 amide bonds. The number of carboxylic acid groups (broad SMARTS) is 3. The summed E-state index contributed by atoms with van der Waals surface area (Å²) in [7, 11) is 0. The van der Waals surface area contributed by atoms with E-state index in [1.807, 2.05) is 0 Å². The SMILES string of the molecule is C=C(C)C(=O)O.C=C(C)C(=O)O.C=C(C)C(=O)O.[Ce]. The first-order chi connectivity index (χ1) is 7.93. The fourth-order valence-corrected chi connectivity index (χ4v) is 0. The Labute approximate surface area is 145 Å². The third-order valence-corrected chi connectivity index (χ3v) is 1.10. The largest absolute Gasteiger partial charge is 0.478 e. The van der Waals surface area contributed by atoms with Gasteiger partial charge < -0.3 is 15.3 Å². The van der Waals surface area contributed by atoms with Gasteiger partial charge in [-0.25, -0.2) is 14.4 Å². The van der Waals surface area contributed by atoms with E-state index in [1.54, 1.807) is 0 Å².